The number of rotatable bonds is 4. The van der Waals surface area contributed by atoms with Crippen LogP contribution in [0.1, 0.15) is 55.0 Å². The summed E-state index contributed by atoms with van der Waals surface area (Å²) < 4.78 is 0. The fourth-order valence-corrected chi connectivity index (χ4v) is 2.35. The third-order valence-corrected chi connectivity index (χ3v) is 3.09. The molecule has 0 aliphatic heterocycles. The summed E-state index contributed by atoms with van der Waals surface area (Å²) in [5.74, 6) is 0.653. The van der Waals surface area contributed by atoms with Crippen molar-refractivity contribution in [2.45, 2.75) is 53.6 Å². The van der Waals surface area contributed by atoms with Crippen LogP contribution in [0.5, 0.6) is 0 Å². The molecule has 1 rings (SSSR count). The molecule has 0 saturated carbocycles. The molecule has 0 bridgehead atoms. The zero-order valence-corrected chi connectivity index (χ0v) is 11.2. The predicted octanol–water partition coefficient (Wildman–Crippen LogP) is 4.08. The standard InChI is InChI=1S/C15H24O/c1-10(2)6-7-14(16)15-12(4)8-11(3)9-13(15)5/h8-10,14,16H,6-7H2,1-5H3. The van der Waals surface area contributed by atoms with Crippen molar-refractivity contribution >= 4 is 0 Å². The van der Waals surface area contributed by atoms with Gasteiger partial charge in [-0.2, -0.15) is 0 Å². The van der Waals surface area contributed by atoms with Crippen molar-refractivity contribution in [1.29, 1.82) is 0 Å². The van der Waals surface area contributed by atoms with Gasteiger partial charge in [0.2, 0.25) is 0 Å². The van der Waals surface area contributed by atoms with Crippen molar-refractivity contribution in [2.75, 3.05) is 0 Å². The minimum absolute atomic E-state index is 0.303. The van der Waals surface area contributed by atoms with Crippen LogP contribution in [0.2, 0.25) is 0 Å². The van der Waals surface area contributed by atoms with E-state index in [1.807, 2.05) is 0 Å². The van der Waals surface area contributed by atoms with Crippen LogP contribution in [0.4, 0.5) is 0 Å². The van der Waals surface area contributed by atoms with Gasteiger partial charge in [0.05, 0.1) is 6.10 Å². The molecule has 0 aromatic heterocycles. The van der Waals surface area contributed by atoms with Gasteiger partial charge in [-0.1, -0.05) is 31.5 Å². The summed E-state index contributed by atoms with van der Waals surface area (Å²) in [6, 6.07) is 4.31. The van der Waals surface area contributed by atoms with Crippen LogP contribution in [0.3, 0.4) is 0 Å². The number of benzene rings is 1. The SMILES string of the molecule is Cc1cc(C)c(C(O)CCC(C)C)c(C)c1. The summed E-state index contributed by atoms with van der Waals surface area (Å²) in [6.45, 7) is 10.7. The summed E-state index contributed by atoms with van der Waals surface area (Å²) in [5, 5.41) is 10.2. The van der Waals surface area contributed by atoms with Crippen molar-refractivity contribution in [1.82, 2.24) is 0 Å². The number of hydrogen-bond donors (Lipinski definition) is 1. The minimum Gasteiger partial charge on any atom is -0.388 e. The maximum atomic E-state index is 10.2. The van der Waals surface area contributed by atoms with Gasteiger partial charge >= 0.3 is 0 Å². The molecule has 1 N–H and O–H groups in total. The molecule has 0 saturated heterocycles. The molecule has 1 unspecified atom stereocenters. The second-order valence-electron chi connectivity index (χ2n) is 5.30. The molecule has 1 heteroatoms. The highest BCUT2D eigenvalue weighted by Crippen LogP contribution is 2.27. The average molecular weight is 220 g/mol. The number of aliphatic hydroxyl groups is 1. The van der Waals surface area contributed by atoms with Crippen molar-refractivity contribution < 1.29 is 5.11 Å². The van der Waals surface area contributed by atoms with E-state index in [1.165, 1.54) is 16.7 Å². The van der Waals surface area contributed by atoms with Crippen molar-refractivity contribution in [3.05, 3.63) is 34.4 Å². The second kappa shape index (κ2) is 5.49. The Morgan fingerprint density at radius 2 is 1.50 bits per heavy atom. The van der Waals surface area contributed by atoms with Crippen molar-refractivity contribution in [2.24, 2.45) is 5.92 Å². The molecule has 0 radical (unpaired) electrons. The molecule has 0 heterocycles. The Kier molecular flexibility index (Phi) is 4.55. The Hall–Kier alpha value is -0.820. The van der Waals surface area contributed by atoms with Gasteiger partial charge in [0, 0.05) is 0 Å². The van der Waals surface area contributed by atoms with E-state index in [9.17, 15) is 5.11 Å². The molecule has 1 aromatic carbocycles. The molecule has 0 fully saturated rings. The zero-order chi connectivity index (χ0) is 12.3. The second-order valence-corrected chi connectivity index (χ2v) is 5.30. The minimum atomic E-state index is -0.303. The molecule has 0 aliphatic rings. The maximum absolute atomic E-state index is 10.2. The number of aryl methyl sites for hydroxylation is 3. The average Bonchev–Trinajstić information content (AvgIpc) is 2.12. The molecular formula is C15H24O. The van der Waals surface area contributed by atoms with E-state index in [0.717, 1.165) is 18.4 Å². The van der Waals surface area contributed by atoms with Gasteiger partial charge in [0.15, 0.2) is 0 Å². The lowest BCUT2D eigenvalue weighted by Gasteiger charge is -2.18. The molecule has 16 heavy (non-hydrogen) atoms. The highest BCUT2D eigenvalue weighted by molar-refractivity contribution is 5.38. The first kappa shape index (κ1) is 13.2. The maximum Gasteiger partial charge on any atom is 0.0795 e. The summed E-state index contributed by atoms with van der Waals surface area (Å²) >= 11 is 0. The van der Waals surface area contributed by atoms with E-state index in [1.54, 1.807) is 0 Å². The Bertz CT molecular complexity index is 329. The van der Waals surface area contributed by atoms with Gasteiger partial charge in [-0.25, -0.2) is 0 Å². The van der Waals surface area contributed by atoms with E-state index < -0.39 is 0 Å². The first-order chi connectivity index (χ1) is 7.41. The Labute approximate surface area is 99.5 Å². The monoisotopic (exact) mass is 220 g/mol. The van der Waals surface area contributed by atoms with Crippen LogP contribution in [0.25, 0.3) is 0 Å². The lowest BCUT2D eigenvalue weighted by molar-refractivity contribution is 0.158. The van der Waals surface area contributed by atoms with Crippen LogP contribution >= 0.6 is 0 Å². The van der Waals surface area contributed by atoms with Crippen LogP contribution in [0.15, 0.2) is 12.1 Å². The van der Waals surface area contributed by atoms with Crippen LogP contribution in [0, 0.1) is 26.7 Å². The first-order valence-electron chi connectivity index (χ1n) is 6.17. The Morgan fingerprint density at radius 1 is 1.00 bits per heavy atom. The zero-order valence-electron chi connectivity index (χ0n) is 11.2. The van der Waals surface area contributed by atoms with E-state index in [-0.39, 0.29) is 6.10 Å². The first-order valence-corrected chi connectivity index (χ1v) is 6.17. The third-order valence-electron chi connectivity index (χ3n) is 3.09. The van der Waals surface area contributed by atoms with Gasteiger partial charge in [-0.3, -0.25) is 0 Å². The van der Waals surface area contributed by atoms with Gasteiger partial charge < -0.3 is 5.11 Å². The van der Waals surface area contributed by atoms with E-state index in [0.29, 0.717) is 5.92 Å². The summed E-state index contributed by atoms with van der Waals surface area (Å²) in [6.07, 6.45) is 1.64. The summed E-state index contributed by atoms with van der Waals surface area (Å²) in [4.78, 5) is 0. The van der Waals surface area contributed by atoms with Gasteiger partial charge in [-0.05, 0) is 56.2 Å². The normalized spacial score (nSPS) is 13.2. The van der Waals surface area contributed by atoms with Crippen LogP contribution in [-0.4, -0.2) is 5.11 Å². The largest absolute Gasteiger partial charge is 0.388 e. The highest BCUT2D eigenvalue weighted by atomic mass is 16.3. The summed E-state index contributed by atoms with van der Waals surface area (Å²) in [5.41, 5.74) is 4.84. The smallest absolute Gasteiger partial charge is 0.0795 e. The lowest BCUT2D eigenvalue weighted by atomic mass is 9.92. The Balaban J connectivity index is 2.86. The molecular weight excluding hydrogens is 196 g/mol. The molecule has 1 atom stereocenters. The van der Waals surface area contributed by atoms with Crippen LogP contribution in [-0.2, 0) is 0 Å². The topological polar surface area (TPSA) is 20.2 Å². The van der Waals surface area contributed by atoms with Gasteiger partial charge in [0.1, 0.15) is 0 Å². The molecule has 90 valence electrons. The van der Waals surface area contributed by atoms with Gasteiger partial charge in [-0.15, -0.1) is 0 Å². The predicted molar refractivity (Wildman–Crippen MR) is 69.7 cm³/mol. The van der Waals surface area contributed by atoms with E-state index in [4.69, 9.17) is 0 Å². The molecule has 1 nitrogen and oxygen atoms in total. The number of hydrogen-bond acceptors (Lipinski definition) is 1. The fourth-order valence-electron chi connectivity index (χ4n) is 2.35. The quantitative estimate of drug-likeness (QED) is 0.810. The van der Waals surface area contributed by atoms with Crippen molar-refractivity contribution in [3.63, 3.8) is 0 Å². The van der Waals surface area contributed by atoms with Crippen molar-refractivity contribution in [3.8, 4) is 0 Å². The highest BCUT2D eigenvalue weighted by Gasteiger charge is 2.13. The summed E-state index contributed by atoms with van der Waals surface area (Å²) in [7, 11) is 0. The van der Waals surface area contributed by atoms with E-state index in [2.05, 4.69) is 46.8 Å². The molecule has 0 amide bonds. The molecule has 0 spiro atoms. The lowest BCUT2D eigenvalue weighted by Crippen LogP contribution is -2.05. The third kappa shape index (κ3) is 3.34. The molecule has 1 aromatic rings. The van der Waals surface area contributed by atoms with Gasteiger partial charge in [0.25, 0.3) is 0 Å². The Morgan fingerprint density at radius 3 is 1.94 bits per heavy atom. The number of aliphatic hydroxyl groups excluding tert-OH is 1. The fraction of sp³-hybridized carbons (Fsp3) is 0.600. The van der Waals surface area contributed by atoms with E-state index >= 15 is 0 Å². The molecule has 0 aliphatic carbocycles. The van der Waals surface area contributed by atoms with Crippen LogP contribution < -0.4 is 0 Å².